The van der Waals surface area contributed by atoms with E-state index in [1.807, 2.05) is 31.2 Å². The topological polar surface area (TPSA) is 68.5 Å². The molecule has 0 saturated heterocycles. The van der Waals surface area contributed by atoms with E-state index in [0.29, 0.717) is 6.54 Å². The Labute approximate surface area is 126 Å². The molecule has 7 heteroatoms. The molecule has 0 radical (unpaired) electrons. The Bertz CT molecular complexity index is 724. The SMILES string of the molecule is Cc1cnc(Cl)nc1NCc1ccc(-n2ccnn2)cc1. The van der Waals surface area contributed by atoms with Crippen LogP contribution in [0.5, 0.6) is 0 Å². The number of anilines is 1. The second-order valence-corrected chi connectivity index (χ2v) is 4.88. The Morgan fingerprint density at radius 1 is 1.24 bits per heavy atom. The van der Waals surface area contributed by atoms with E-state index in [-0.39, 0.29) is 5.28 Å². The first kappa shape index (κ1) is 13.5. The Hall–Kier alpha value is -2.47. The molecule has 106 valence electrons. The standard InChI is InChI=1S/C14H13ClN6/c1-10-8-17-14(15)19-13(10)16-9-11-2-4-12(5-3-11)21-7-6-18-20-21/h2-8H,9H2,1H3,(H,16,17,19). The predicted octanol–water partition coefficient (Wildman–Crippen LogP) is 2.63. The number of nitrogens with zero attached hydrogens (tertiary/aromatic N) is 5. The number of aromatic nitrogens is 5. The summed E-state index contributed by atoms with van der Waals surface area (Å²) in [5, 5.41) is 11.2. The normalized spacial score (nSPS) is 10.6. The van der Waals surface area contributed by atoms with Crippen molar-refractivity contribution in [2.75, 3.05) is 5.32 Å². The van der Waals surface area contributed by atoms with Crippen molar-refractivity contribution in [1.29, 1.82) is 0 Å². The zero-order valence-electron chi connectivity index (χ0n) is 11.4. The summed E-state index contributed by atoms with van der Waals surface area (Å²) in [5.41, 5.74) is 3.06. The quantitative estimate of drug-likeness (QED) is 0.750. The molecule has 0 saturated carbocycles. The van der Waals surface area contributed by atoms with E-state index < -0.39 is 0 Å². The van der Waals surface area contributed by atoms with Gasteiger partial charge in [0.2, 0.25) is 5.28 Å². The molecule has 0 bridgehead atoms. The Kier molecular flexibility index (Phi) is 3.79. The van der Waals surface area contributed by atoms with Crippen LogP contribution < -0.4 is 5.32 Å². The van der Waals surface area contributed by atoms with Gasteiger partial charge in [-0.25, -0.2) is 14.6 Å². The van der Waals surface area contributed by atoms with Gasteiger partial charge in [-0.15, -0.1) is 5.10 Å². The summed E-state index contributed by atoms with van der Waals surface area (Å²) >= 11 is 5.80. The van der Waals surface area contributed by atoms with Gasteiger partial charge in [-0.3, -0.25) is 0 Å². The average Bonchev–Trinajstić information content (AvgIpc) is 3.03. The van der Waals surface area contributed by atoms with Crippen molar-refractivity contribution in [3.63, 3.8) is 0 Å². The van der Waals surface area contributed by atoms with Crippen molar-refractivity contribution in [3.8, 4) is 5.69 Å². The predicted molar refractivity (Wildman–Crippen MR) is 80.5 cm³/mol. The van der Waals surface area contributed by atoms with Crippen molar-refractivity contribution in [2.24, 2.45) is 0 Å². The number of aryl methyl sites for hydroxylation is 1. The molecule has 0 atom stereocenters. The van der Waals surface area contributed by atoms with Gasteiger partial charge in [-0.05, 0) is 36.2 Å². The van der Waals surface area contributed by atoms with Crippen LogP contribution in [0.25, 0.3) is 5.69 Å². The van der Waals surface area contributed by atoms with Crippen molar-refractivity contribution >= 4 is 17.4 Å². The van der Waals surface area contributed by atoms with Crippen LogP contribution in [0.3, 0.4) is 0 Å². The van der Waals surface area contributed by atoms with Crippen LogP contribution in [-0.2, 0) is 6.54 Å². The van der Waals surface area contributed by atoms with Crippen LogP contribution in [0.4, 0.5) is 5.82 Å². The highest BCUT2D eigenvalue weighted by molar-refractivity contribution is 6.28. The lowest BCUT2D eigenvalue weighted by Gasteiger charge is -2.09. The average molecular weight is 301 g/mol. The fourth-order valence-corrected chi connectivity index (χ4v) is 2.03. The van der Waals surface area contributed by atoms with Gasteiger partial charge in [0.1, 0.15) is 5.82 Å². The molecule has 0 aliphatic rings. The van der Waals surface area contributed by atoms with E-state index in [1.54, 1.807) is 23.3 Å². The molecule has 0 unspecified atom stereocenters. The fraction of sp³-hybridized carbons (Fsp3) is 0.143. The van der Waals surface area contributed by atoms with E-state index in [2.05, 4.69) is 25.6 Å². The fourth-order valence-electron chi connectivity index (χ4n) is 1.90. The third kappa shape index (κ3) is 3.17. The second-order valence-electron chi connectivity index (χ2n) is 4.54. The maximum atomic E-state index is 5.80. The molecule has 1 N–H and O–H groups in total. The summed E-state index contributed by atoms with van der Waals surface area (Å²) < 4.78 is 1.71. The number of nitrogens with one attached hydrogen (secondary N) is 1. The Morgan fingerprint density at radius 2 is 2.05 bits per heavy atom. The van der Waals surface area contributed by atoms with Gasteiger partial charge in [0.25, 0.3) is 0 Å². The van der Waals surface area contributed by atoms with Gasteiger partial charge in [0.15, 0.2) is 0 Å². The smallest absolute Gasteiger partial charge is 0.224 e. The first-order valence-electron chi connectivity index (χ1n) is 6.41. The summed E-state index contributed by atoms with van der Waals surface area (Å²) in [4.78, 5) is 8.10. The summed E-state index contributed by atoms with van der Waals surface area (Å²) in [6.45, 7) is 2.60. The second kappa shape index (κ2) is 5.88. The van der Waals surface area contributed by atoms with Crippen LogP contribution in [0.15, 0.2) is 42.9 Å². The minimum absolute atomic E-state index is 0.240. The molecule has 0 amide bonds. The summed E-state index contributed by atoms with van der Waals surface area (Å²) in [5.74, 6) is 0.746. The first-order chi connectivity index (χ1) is 10.2. The molecule has 6 nitrogen and oxygen atoms in total. The van der Waals surface area contributed by atoms with Crippen molar-refractivity contribution in [2.45, 2.75) is 13.5 Å². The molecule has 2 heterocycles. The van der Waals surface area contributed by atoms with Crippen molar-refractivity contribution in [1.82, 2.24) is 25.0 Å². The first-order valence-corrected chi connectivity index (χ1v) is 6.79. The molecule has 0 aliphatic carbocycles. The summed E-state index contributed by atoms with van der Waals surface area (Å²) in [7, 11) is 0. The van der Waals surface area contributed by atoms with Gasteiger partial charge in [-0.2, -0.15) is 0 Å². The van der Waals surface area contributed by atoms with Gasteiger partial charge in [-0.1, -0.05) is 17.3 Å². The number of benzene rings is 1. The van der Waals surface area contributed by atoms with Crippen LogP contribution >= 0.6 is 11.6 Å². The molecule has 3 rings (SSSR count). The van der Waals surface area contributed by atoms with Gasteiger partial charge >= 0.3 is 0 Å². The number of hydrogen-bond donors (Lipinski definition) is 1. The van der Waals surface area contributed by atoms with Crippen molar-refractivity contribution < 1.29 is 0 Å². The minimum Gasteiger partial charge on any atom is -0.366 e. The zero-order valence-corrected chi connectivity index (χ0v) is 12.1. The lowest BCUT2D eigenvalue weighted by Crippen LogP contribution is -2.04. The molecule has 2 aromatic heterocycles. The lowest BCUT2D eigenvalue weighted by molar-refractivity contribution is 0.802. The molecule has 1 aromatic carbocycles. The van der Waals surface area contributed by atoms with Crippen LogP contribution in [0, 0.1) is 6.92 Å². The van der Waals surface area contributed by atoms with Crippen LogP contribution in [0.2, 0.25) is 5.28 Å². The van der Waals surface area contributed by atoms with Gasteiger partial charge in [0, 0.05) is 18.3 Å². The molecule has 21 heavy (non-hydrogen) atoms. The molecular weight excluding hydrogens is 288 g/mol. The van der Waals surface area contributed by atoms with Crippen LogP contribution in [-0.4, -0.2) is 25.0 Å². The maximum Gasteiger partial charge on any atom is 0.224 e. The monoisotopic (exact) mass is 300 g/mol. The van der Waals surface area contributed by atoms with Crippen molar-refractivity contribution in [3.05, 3.63) is 59.3 Å². The molecule has 3 aromatic rings. The third-order valence-corrected chi connectivity index (χ3v) is 3.21. The maximum absolute atomic E-state index is 5.80. The number of rotatable bonds is 4. The Morgan fingerprint density at radius 3 is 2.76 bits per heavy atom. The highest BCUT2D eigenvalue weighted by Gasteiger charge is 2.03. The largest absolute Gasteiger partial charge is 0.366 e. The molecular formula is C14H13ClN6. The van der Waals surface area contributed by atoms with E-state index in [9.17, 15) is 0 Å². The zero-order chi connectivity index (χ0) is 14.7. The summed E-state index contributed by atoms with van der Waals surface area (Å²) in [6.07, 6.45) is 5.15. The molecule has 0 spiro atoms. The van der Waals surface area contributed by atoms with E-state index >= 15 is 0 Å². The van der Waals surface area contributed by atoms with E-state index in [0.717, 1.165) is 22.6 Å². The third-order valence-electron chi connectivity index (χ3n) is 3.03. The highest BCUT2D eigenvalue weighted by atomic mass is 35.5. The minimum atomic E-state index is 0.240. The Balaban J connectivity index is 1.70. The number of hydrogen-bond acceptors (Lipinski definition) is 5. The van der Waals surface area contributed by atoms with Gasteiger partial charge in [0.05, 0.1) is 18.1 Å². The lowest BCUT2D eigenvalue weighted by atomic mass is 10.2. The molecule has 0 aliphatic heterocycles. The number of halogens is 1. The summed E-state index contributed by atoms with van der Waals surface area (Å²) in [6, 6.07) is 8.04. The van der Waals surface area contributed by atoms with E-state index in [4.69, 9.17) is 11.6 Å². The van der Waals surface area contributed by atoms with E-state index in [1.165, 1.54) is 0 Å². The highest BCUT2D eigenvalue weighted by Crippen LogP contribution is 2.15. The van der Waals surface area contributed by atoms with Gasteiger partial charge < -0.3 is 5.32 Å². The molecule has 0 fully saturated rings. The van der Waals surface area contributed by atoms with Crippen LogP contribution in [0.1, 0.15) is 11.1 Å².